The molecule has 0 radical (unpaired) electrons. The molecule has 1 unspecified atom stereocenters. The molecule has 0 spiro atoms. The number of aromatic nitrogens is 1. The second-order valence-electron chi connectivity index (χ2n) is 5.81. The van der Waals surface area contributed by atoms with Gasteiger partial charge >= 0.3 is 5.97 Å². The molecule has 2 rings (SSSR count). The third-order valence-corrected chi connectivity index (χ3v) is 3.52. The van der Waals surface area contributed by atoms with Crippen molar-refractivity contribution in [1.29, 1.82) is 0 Å². The standard InChI is InChI=1S/C18H23NO2/c1-4-14(11-18(20)21-12-13(2)3)17-10-9-15-7-5-6-8-16(15)19-17/h5-10,13-14H,4,11-12H2,1-3H3. The van der Waals surface area contributed by atoms with Gasteiger partial charge in [0.15, 0.2) is 0 Å². The Morgan fingerprint density at radius 3 is 2.67 bits per heavy atom. The van der Waals surface area contributed by atoms with Crippen LogP contribution in [0.25, 0.3) is 10.9 Å². The molecule has 1 aromatic heterocycles. The molecule has 3 nitrogen and oxygen atoms in total. The van der Waals surface area contributed by atoms with Crippen LogP contribution >= 0.6 is 0 Å². The molecule has 2 aromatic rings. The molecule has 1 aromatic carbocycles. The zero-order chi connectivity index (χ0) is 15.2. The molecule has 0 fully saturated rings. The van der Waals surface area contributed by atoms with Gasteiger partial charge in [0.1, 0.15) is 0 Å². The SMILES string of the molecule is CCC(CC(=O)OCC(C)C)c1ccc2ccccc2n1. The van der Waals surface area contributed by atoms with Gasteiger partial charge in [-0.25, -0.2) is 0 Å². The number of hydrogen-bond donors (Lipinski definition) is 0. The van der Waals surface area contributed by atoms with Crippen LogP contribution in [-0.4, -0.2) is 17.6 Å². The molecule has 0 aliphatic carbocycles. The topological polar surface area (TPSA) is 39.2 Å². The number of hydrogen-bond acceptors (Lipinski definition) is 3. The van der Waals surface area contributed by atoms with Crippen LogP contribution in [0, 0.1) is 5.92 Å². The van der Waals surface area contributed by atoms with Crippen LogP contribution in [0.2, 0.25) is 0 Å². The Balaban J connectivity index is 2.10. The lowest BCUT2D eigenvalue weighted by Crippen LogP contribution is -2.14. The van der Waals surface area contributed by atoms with Crippen molar-refractivity contribution in [3.8, 4) is 0 Å². The molecule has 1 atom stereocenters. The van der Waals surface area contributed by atoms with Crippen LogP contribution in [0.3, 0.4) is 0 Å². The van der Waals surface area contributed by atoms with Crippen molar-refractivity contribution in [3.63, 3.8) is 0 Å². The first-order valence-electron chi connectivity index (χ1n) is 7.61. The quantitative estimate of drug-likeness (QED) is 0.742. The van der Waals surface area contributed by atoms with E-state index in [1.54, 1.807) is 0 Å². The average Bonchev–Trinajstić information content (AvgIpc) is 2.50. The largest absolute Gasteiger partial charge is 0.465 e. The lowest BCUT2D eigenvalue weighted by molar-refractivity contribution is -0.145. The summed E-state index contributed by atoms with van der Waals surface area (Å²) < 4.78 is 5.28. The molecule has 0 bridgehead atoms. The summed E-state index contributed by atoms with van der Waals surface area (Å²) in [5, 5.41) is 1.12. The predicted molar refractivity (Wildman–Crippen MR) is 85.2 cm³/mol. The maximum atomic E-state index is 11.9. The molecule has 0 saturated carbocycles. The van der Waals surface area contributed by atoms with Gasteiger partial charge in [0.2, 0.25) is 0 Å². The number of ether oxygens (including phenoxy) is 1. The van der Waals surface area contributed by atoms with Gasteiger partial charge in [0.05, 0.1) is 18.5 Å². The highest BCUT2D eigenvalue weighted by Gasteiger charge is 2.17. The van der Waals surface area contributed by atoms with Crippen molar-refractivity contribution in [3.05, 3.63) is 42.1 Å². The monoisotopic (exact) mass is 285 g/mol. The number of esters is 1. The first kappa shape index (κ1) is 15.5. The van der Waals surface area contributed by atoms with E-state index >= 15 is 0 Å². The normalized spacial score (nSPS) is 12.6. The molecule has 3 heteroatoms. The minimum absolute atomic E-state index is 0.120. The second-order valence-corrected chi connectivity index (χ2v) is 5.81. The van der Waals surface area contributed by atoms with Gasteiger partial charge in [0, 0.05) is 17.0 Å². The zero-order valence-corrected chi connectivity index (χ0v) is 13.0. The van der Waals surface area contributed by atoms with Crippen LogP contribution in [0.4, 0.5) is 0 Å². The fourth-order valence-electron chi connectivity index (χ4n) is 2.29. The molecule has 0 aliphatic rings. The van der Waals surface area contributed by atoms with Gasteiger partial charge in [-0.05, 0) is 24.5 Å². The van der Waals surface area contributed by atoms with Crippen LogP contribution in [0.15, 0.2) is 36.4 Å². The molecule has 0 amide bonds. The summed E-state index contributed by atoms with van der Waals surface area (Å²) in [5.41, 5.74) is 1.95. The minimum atomic E-state index is -0.134. The van der Waals surface area contributed by atoms with E-state index in [-0.39, 0.29) is 11.9 Å². The van der Waals surface area contributed by atoms with Gasteiger partial charge < -0.3 is 4.74 Å². The van der Waals surface area contributed by atoms with E-state index in [1.807, 2.05) is 44.2 Å². The Morgan fingerprint density at radius 1 is 1.19 bits per heavy atom. The first-order valence-corrected chi connectivity index (χ1v) is 7.61. The molecule has 0 aliphatic heterocycles. The second kappa shape index (κ2) is 7.21. The number of para-hydroxylation sites is 1. The van der Waals surface area contributed by atoms with Gasteiger partial charge in [0.25, 0.3) is 0 Å². The van der Waals surface area contributed by atoms with Crippen molar-refractivity contribution in [2.75, 3.05) is 6.61 Å². The molecule has 1 heterocycles. The number of carbonyl (C=O) groups excluding carboxylic acids is 1. The predicted octanol–water partition coefficient (Wildman–Crippen LogP) is 4.32. The lowest BCUT2D eigenvalue weighted by Gasteiger charge is -2.15. The minimum Gasteiger partial charge on any atom is -0.465 e. The molecule has 112 valence electrons. The number of rotatable bonds is 6. The number of fused-ring (bicyclic) bond motifs is 1. The van der Waals surface area contributed by atoms with E-state index in [9.17, 15) is 4.79 Å². The third kappa shape index (κ3) is 4.28. The summed E-state index contributed by atoms with van der Waals surface area (Å²) in [7, 11) is 0. The third-order valence-electron chi connectivity index (χ3n) is 3.52. The van der Waals surface area contributed by atoms with Crippen LogP contribution in [0.5, 0.6) is 0 Å². The Labute approximate surface area is 126 Å². The summed E-state index contributed by atoms with van der Waals surface area (Å²) in [6.07, 6.45) is 1.27. The van der Waals surface area contributed by atoms with E-state index in [1.165, 1.54) is 0 Å². The fraction of sp³-hybridized carbons (Fsp3) is 0.444. The maximum Gasteiger partial charge on any atom is 0.306 e. The van der Waals surface area contributed by atoms with E-state index < -0.39 is 0 Å². The van der Waals surface area contributed by atoms with Crippen molar-refractivity contribution < 1.29 is 9.53 Å². The zero-order valence-electron chi connectivity index (χ0n) is 13.0. The van der Waals surface area contributed by atoms with E-state index in [2.05, 4.69) is 18.0 Å². The number of nitrogens with zero attached hydrogens (tertiary/aromatic N) is 1. The number of pyridine rings is 1. The van der Waals surface area contributed by atoms with Crippen molar-refractivity contribution in [1.82, 2.24) is 4.98 Å². The Kier molecular flexibility index (Phi) is 5.32. The Morgan fingerprint density at radius 2 is 1.95 bits per heavy atom. The van der Waals surface area contributed by atoms with E-state index in [0.717, 1.165) is 23.0 Å². The van der Waals surface area contributed by atoms with E-state index in [0.29, 0.717) is 18.9 Å². The highest BCUT2D eigenvalue weighted by atomic mass is 16.5. The fourth-order valence-corrected chi connectivity index (χ4v) is 2.29. The first-order chi connectivity index (χ1) is 10.1. The maximum absolute atomic E-state index is 11.9. The summed E-state index contributed by atoms with van der Waals surface area (Å²) in [5.74, 6) is 0.354. The lowest BCUT2D eigenvalue weighted by atomic mass is 9.97. The summed E-state index contributed by atoms with van der Waals surface area (Å²) in [6.45, 7) is 6.64. The van der Waals surface area contributed by atoms with Gasteiger partial charge in [-0.3, -0.25) is 9.78 Å². The molecule has 0 saturated heterocycles. The molecular formula is C18H23NO2. The van der Waals surface area contributed by atoms with Crippen LogP contribution in [0.1, 0.15) is 45.2 Å². The van der Waals surface area contributed by atoms with Crippen LogP contribution in [-0.2, 0) is 9.53 Å². The molecular weight excluding hydrogens is 262 g/mol. The number of benzene rings is 1. The van der Waals surface area contributed by atoms with Crippen molar-refractivity contribution in [2.45, 2.75) is 39.5 Å². The van der Waals surface area contributed by atoms with Crippen molar-refractivity contribution >= 4 is 16.9 Å². The van der Waals surface area contributed by atoms with Crippen molar-refractivity contribution in [2.24, 2.45) is 5.92 Å². The average molecular weight is 285 g/mol. The smallest absolute Gasteiger partial charge is 0.306 e. The Hall–Kier alpha value is -1.90. The van der Waals surface area contributed by atoms with E-state index in [4.69, 9.17) is 4.74 Å². The number of carbonyl (C=O) groups is 1. The van der Waals surface area contributed by atoms with Gasteiger partial charge in [-0.15, -0.1) is 0 Å². The molecule has 0 N–H and O–H groups in total. The Bertz CT molecular complexity index is 607. The summed E-state index contributed by atoms with van der Waals surface area (Å²) >= 11 is 0. The molecule has 21 heavy (non-hydrogen) atoms. The summed E-state index contributed by atoms with van der Waals surface area (Å²) in [4.78, 5) is 16.6. The van der Waals surface area contributed by atoms with Gasteiger partial charge in [-0.1, -0.05) is 45.0 Å². The van der Waals surface area contributed by atoms with Crippen LogP contribution < -0.4 is 0 Å². The van der Waals surface area contributed by atoms with Gasteiger partial charge in [-0.2, -0.15) is 0 Å². The summed E-state index contributed by atoms with van der Waals surface area (Å²) in [6, 6.07) is 12.1. The highest BCUT2D eigenvalue weighted by Crippen LogP contribution is 2.24. The highest BCUT2D eigenvalue weighted by molar-refractivity contribution is 5.78.